The number of rotatable bonds is 4. The molecule has 1 aromatic heterocycles. The predicted molar refractivity (Wildman–Crippen MR) is 87.0 cm³/mol. The summed E-state index contributed by atoms with van der Waals surface area (Å²) in [4.78, 5) is 0.431. The van der Waals surface area contributed by atoms with Crippen LogP contribution in [0.5, 0.6) is 0 Å². The summed E-state index contributed by atoms with van der Waals surface area (Å²) < 4.78 is 40.9. The Hall–Kier alpha value is -2.18. The summed E-state index contributed by atoms with van der Waals surface area (Å²) in [6.45, 7) is 0. The molecule has 0 unspecified atom stereocenters. The molecule has 0 saturated carbocycles. The summed E-state index contributed by atoms with van der Waals surface area (Å²) >= 11 is 1.42. The van der Waals surface area contributed by atoms with E-state index in [0.29, 0.717) is 5.69 Å². The molecule has 2 aromatic carbocycles. The molecule has 0 aliphatic rings. The van der Waals surface area contributed by atoms with Gasteiger partial charge in [-0.15, -0.1) is 11.3 Å². The minimum atomic E-state index is -3.96. The lowest BCUT2D eigenvalue weighted by Gasteiger charge is -2.09. The molecule has 3 nitrogen and oxygen atoms in total. The van der Waals surface area contributed by atoms with Gasteiger partial charge in [-0.1, -0.05) is 42.5 Å². The molecule has 1 N–H and O–H groups in total. The van der Waals surface area contributed by atoms with Crippen molar-refractivity contribution in [1.82, 2.24) is 0 Å². The first-order valence-corrected chi connectivity index (χ1v) is 8.84. The average Bonchev–Trinajstić information content (AvgIpc) is 2.96. The fourth-order valence-electron chi connectivity index (χ4n) is 2.07. The number of hydrogen-bond donors (Lipinski definition) is 1. The van der Waals surface area contributed by atoms with E-state index < -0.39 is 15.8 Å². The molecule has 0 atom stereocenters. The number of nitrogens with one attached hydrogen (secondary N) is 1. The van der Waals surface area contributed by atoms with E-state index >= 15 is 0 Å². The smallest absolute Gasteiger partial charge is 0.264 e. The Morgan fingerprint density at radius 2 is 1.59 bits per heavy atom. The minimum absolute atomic E-state index is 0.361. The molecule has 112 valence electrons. The summed E-state index contributed by atoms with van der Waals surface area (Å²) in [6, 6.07) is 16.4. The van der Waals surface area contributed by atoms with Crippen LogP contribution in [0, 0.1) is 5.82 Å². The largest absolute Gasteiger partial charge is 0.278 e. The Bertz CT molecular complexity index is 889. The Morgan fingerprint density at radius 3 is 2.32 bits per heavy atom. The van der Waals surface area contributed by atoms with E-state index in [9.17, 15) is 12.8 Å². The van der Waals surface area contributed by atoms with Gasteiger partial charge in [0.25, 0.3) is 10.0 Å². The summed E-state index contributed by atoms with van der Waals surface area (Å²) in [5, 5.41) is 1.79. The maximum Gasteiger partial charge on any atom is 0.264 e. The van der Waals surface area contributed by atoms with Crippen molar-refractivity contribution >= 4 is 27.0 Å². The second-order valence-electron chi connectivity index (χ2n) is 4.57. The van der Waals surface area contributed by atoms with E-state index in [1.54, 1.807) is 11.4 Å². The SMILES string of the molecule is O=S(=O)(Nc1ccsc1-c1ccccc1)c1ccccc1F. The standard InChI is InChI=1S/C16H12FNO2S2/c17-13-8-4-5-9-15(13)22(19,20)18-14-10-11-21-16(14)12-6-2-1-3-7-12/h1-11,18H. The molecular weight excluding hydrogens is 321 g/mol. The lowest BCUT2D eigenvalue weighted by molar-refractivity contribution is 0.570. The molecule has 0 spiro atoms. The zero-order valence-electron chi connectivity index (χ0n) is 11.4. The number of sulfonamides is 1. The highest BCUT2D eigenvalue weighted by molar-refractivity contribution is 7.92. The maximum absolute atomic E-state index is 13.7. The molecule has 0 amide bonds. The third-order valence-corrected chi connectivity index (χ3v) is 5.43. The van der Waals surface area contributed by atoms with E-state index in [0.717, 1.165) is 16.5 Å². The first-order chi connectivity index (χ1) is 10.6. The second kappa shape index (κ2) is 5.90. The zero-order chi connectivity index (χ0) is 15.6. The molecule has 0 radical (unpaired) electrons. The molecule has 0 bridgehead atoms. The van der Waals surface area contributed by atoms with Crippen molar-refractivity contribution in [1.29, 1.82) is 0 Å². The Morgan fingerprint density at radius 1 is 0.909 bits per heavy atom. The highest BCUT2D eigenvalue weighted by Crippen LogP contribution is 2.34. The van der Waals surface area contributed by atoms with Crippen LogP contribution in [0.2, 0.25) is 0 Å². The highest BCUT2D eigenvalue weighted by atomic mass is 32.2. The van der Waals surface area contributed by atoms with Gasteiger partial charge < -0.3 is 0 Å². The molecule has 6 heteroatoms. The minimum Gasteiger partial charge on any atom is -0.278 e. The van der Waals surface area contributed by atoms with Crippen LogP contribution in [-0.2, 0) is 10.0 Å². The van der Waals surface area contributed by atoms with Crippen LogP contribution >= 0.6 is 11.3 Å². The van der Waals surface area contributed by atoms with Crippen molar-refractivity contribution in [2.45, 2.75) is 4.90 Å². The van der Waals surface area contributed by atoms with Gasteiger partial charge in [0.2, 0.25) is 0 Å². The van der Waals surface area contributed by atoms with Gasteiger partial charge in [-0.2, -0.15) is 0 Å². The van der Waals surface area contributed by atoms with Crippen LogP contribution in [-0.4, -0.2) is 8.42 Å². The lowest BCUT2D eigenvalue weighted by Crippen LogP contribution is -2.14. The van der Waals surface area contributed by atoms with Gasteiger partial charge in [0, 0.05) is 0 Å². The van der Waals surface area contributed by atoms with Crippen molar-refractivity contribution in [2.75, 3.05) is 4.72 Å². The summed E-state index contributed by atoms with van der Waals surface area (Å²) in [5.74, 6) is -0.772. The number of benzene rings is 2. The third kappa shape index (κ3) is 2.88. The molecule has 1 heterocycles. The maximum atomic E-state index is 13.7. The van der Waals surface area contributed by atoms with Crippen LogP contribution in [0.4, 0.5) is 10.1 Å². The molecule has 3 aromatic rings. The van der Waals surface area contributed by atoms with E-state index in [1.807, 2.05) is 30.3 Å². The number of halogens is 1. The Labute approximate surface area is 132 Å². The highest BCUT2D eigenvalue weighted by Gasteiger charge is 2.20. The van der Waals surface area contributed by atoms with Crippen LogP contribution < -0.4 is 4.72 Å². The Balaban J connectivity index is 1.98. The summed E-state index contributed by atoms with van der Waals surface area (Å²) in [7, 11) is -3.96. The lowest BCUT2D eigenvalue weighted by atomic mass is 10.2. The summed E-state index contributed by atoms with van der Waals surface area (Å²) in [6.07, 6.45) is 0. The van der Waals surface area contributed by atoms with Crippen LogP contribution in [0.3, 0.4) is 0 Å². The van der Waals surface area contributed by atoms with Gasteiger partial charge in [-0.05, 0) is 29.1 Å². The van der Waals surface area contributed by atoms with E-state index in [-0.39, 0.29) is 4.90 Å². The van der Waals surface area contributed by atoms with Crippen LogP contribution in [0.15, 0.2) is 70.9 Å². The molecule has 22 heavy (non-hydrogen) atoms. The van der Waals surface area contributed by atoms with Gasteiger partial charge in [-0.3, -0.25) is 4.72 Å². The first-order valence-electron chi connectivity index (χ1n) is 6.48. The first kappa shape index (κ1) is 14.7. The van der Waals surface area contributed by atoms with Crippen molar-refractivity contribution in [2.24, 2.45) is 0 Å². The van der Waals surface area contributed by atoms with Crippen LogP contribution in [0.25, 0.3) is 10.4 Å². The molecule has 0 aliphatic heterocycles. The molecule has 0 aliphatic carbocycles. The third-order valence-electron chi connectivity index (χ3n) is 3.07. The van der Waals surface area contributed by atoms with Crippen molar-refractivity contribution in [3.05, 3.63) is 71.9 Å². The van der Waals surface area contributed by atoms with Gasteiger partial charge >= 0.3 is 0 Å². The normalized spacial score (nSPS) is 11.3. The monoisotopic (exact) mass is 333 g/mol. The number of thiophene rings is 1. The van der Waals surface area contributed by atoms with E-state index in [1.165, 1.54) is 29.5 Å². The predicted octanol–water partition coefficient (Wildman–Crippen LogP) is 4.36. The molecular formula is C16H12FNO2S2. The van der Waals surface area contributed by atoms with Gasteiger partial charge in [-0.25, -0.2) is 12.8 Å². The second-order valence-corrected chi connectivity index (χ2v) is 7.13. The van der Waals surface area contributed by atoms with Gasteiger partial charge in [0.1, 0.15) is 10.7 Å². The average molecular weight is 333 g/mol. The fraction of sp³-hybridized carbons (Fsp3) is 0. The summed E-state index contributed by atoms with van der Waals surface area (Å²) in [5.41, 5.74) is 1.35. The quantitative estimate of drug-likeness (QED) is 0.771. The van der Waals surface area contributed by atoms with Crippen molar-refractivity contribution < 1.29 is 12.8 Å². The fourth-order valence-corrected chi connectivity index (χ4v) is 4.14. The molecule has 3 rings (SSSR count). The topological polar surface area (TPSA) is 46.2 Å². The number of anilines is 1. The molecule has 0 fully saturated rings. The number of hydrogen-bond acceptors (Lipinski definition) is 3. The molecule has 0 saturated heterocycles. The zero-order valence-corrected chi connectivity index (χ0v) is 13.0. The van der Waals surface area contributed by atoms with Crippen molar-refractivity contribution in [3.8, 4) is 10.4 Å². The Kier molecular flexibility index (Phi) is 3.96. The van der Waals surface area contributed by atoms with Gasteiger partial charge in [0.15, 0.2) is 0 Å². The van der Waals surface area contributed by atoms with Crippen molar-refractivity contribution in [3.63, 3.8) is 0 Å². The van der Waals surface area contributed by atoms with E-state index in [4.69, 9.17) is 0 Å². The van der Waals surface area contributed by atoms with Crippen LogP contribution in [0.1, 0.15) is 0 Å². The van der Waals surface area contributed by atoms with Gasteiger partial charge in [0.05, 0.1) is 10.6 Å². The van der Waals surface area contributed by atoms with E-state index in [2.05, 4.69) is 4.72 Å².